The lowest BCUT2D eigenvalue weighted by atomic mass is 10.1. The molecule has 3 rings (SSSR count). The van der Waals surface area contributed by atoms with Crippen LogP contribution < -0.4 is 10.6 Å². The first-order valence-corrected chi connectivity index (χ1v) is 7.20. The van der Waals surface area contributed by atoms with Crippen molar-refractivity contribution in [1.82, 2.24) is 24.9 Å². The molecule has 0 aliphatic carbocycles. The predicted octanol–water partition coefficient (Wildman–Crippen LogP) is 1.10. The van der Waals surface area contributed by atoms with Crippen molar-refractivity contribution >= 4 is 11.6 Å². The Morgan fingerprint density at radius 2 is 2.19 bits per heavy atom. The van der Waals surface area contributed by atoms with Gasteiger partial charge in [-0.2, -0.15) is 10.2 Å². The second kappa shape index (κ2) is 5.69. The highest BCUT2D eigenvalue weighted by molar-refractivity contribution is 6.02. The van der Waals surface area contributed by atoms with E-state index in [1.54, 1.807) is 24.0 Å². The highest BCUT2D eigenvalue weighted by Gasteiger charge is 2.17. The van der Waals surface area contributed by atoms with Crippen molar-refractivity contribution in [3.63, 3.8) is 0 Å². The third-order valence-electron chi connectivity index (χ3n) is 3.78. The van der Waals surface area contributed by atoms with E-state index < -0.39 is 0 Å². The number of hydrogen-bond acceptors (Lipinski definition) is 4. The molecule has 7 heteroatoms. The number of carbonyl (C=O) groups excluding carboxylic acids is 1. The zero-order chi connectivity index (χ0) is 14.8. The van der Waals surface area contributed by atoms with E-state index in [2.05, 4.69) is 20.8 Å². The molecule has 3 heterocycles. The SMILES string of the molecule is Cc1cc(C(=O)Nc2cnn(C3CCNCC3)c2)n(C)n1. The number of anilines is 1. The van der Waals surface area contributed by atoms with Gasteiger partial charge in [0.2, 0.25) is 0 Å². The first kappa shape index (κ1) is 13.8. The molecule has 1 amide bonds. The van der Waals surface area contributed by atoms with Gasteiger partial charge in [0.25, 0.3) is 5.91 Å². The highest BCUT2D eigenvalue weighted by Crippen LogP contribution is 2.19. The first-order chi connectivity index (χ1) is 10.1. The second-order valence-electron chi connectivity index (χ2n) is 5.44. The molecule has 1 saturated heterocycles. The molecule has 2 aromatic heterocycles. The second-order valence-corrected chi connectivity index (χ2v) is 5.44. The number of rotatable bonds is 3. The molecule has 0 saturated carbocycles. The zero-order valence-corrected chi connectivity index (χ0v) is 12.3. The van der Waals surface area contributed by atoms with Gasteiger partial charge in [-0.3, -0.25) is 14.2 Å². The van der Waals surface area contributed by atoms with Crippen molar-refractivity contribution in [2.24, 2.45) is 7.05 Å². The smallest absolute Gasteiger partial charge is 0.274 e. The minimum atomic E-state index is -0.164. The van der Waals surface area contributed by atoms with Crippen LogP contribution in [-0.2, 0) is 7.05 Å². The van der Waals surface area contributed by atoms with Gasteiger partial charge in [0.1, 0.15) is 5.69 Å². The average Bonchev–Trinajstić information content (AvgIpc) is 3.06. The van der Waals surface area contributed by atoms with Crippen LogP contribution in [0.4, 0.5) is 5.69 Å². The molecule has 1 aliphatic rings. The van der Waals surface area contributed by atoms with Gasteiger partial charge in [-0.15, -0.1) is 0 Å². The van der Waals surface area contributed by atoms with Crippen LogP contribution in [0.25, 0.3) is 0 Å². The van der Waals surface area contributed by atoms with Gasteiger partial charge >= 0.3 is 0 Å². The molecule has 0 atom stereocenters. The summed E-state index contributed by atoms with van der Waals surface area (Å²) in [5, 5.41) is 14.8. The Morgan fingerprint density at radius 1 is 1.43 bits per heavy atom. The van der Waals surface area contributed by atoms with E-state index in [1.165, 1.54) is 0 Å². The van der Waals surface area contributed by atoms with Gasteiger partial charge in [-0.05, 0) is 38.9 Å². The average molecular weight is 288 g/mol. The third kappa shape index (κ3) is 2.97. The number of aromatic nitrogens is 4. The molecule has 0 radical (unpaired) electrons. The Morgan fingerprint density at radius 3 is 2.86 bits per heavy atom. The number of nitrogens with one attached hydrogen (secondary N) is 2. The summed E-state index contributed by atoms with van der Waals surface area (Å²) in [5.41, 5.74) is 2.09. The standard InChI is InChI=1S/C14H20N6O/c1-10-7-13(19(2)18-10)14(21)17-11-8-16-20(9-11)12-3-5-15-6-4-12/h7-9,12,15H,3-6H2,1-2H3,(H,17,21). The van der Waals surface area contributed by atoms with Gasteiger partial charge in [0.05, 0.1) is 23.6 Å². The van der Waals surface area contributed by atoms with Crippen molar-refractivity contribution in [2.75, 3.05) is 18.4 Å². The van der Waals surface area contributed by atoms with Crippen LogP contribution in [-0.4, -0.2) is 38.6 Å². The molecule has 0 aromatic carbocycles. The van der Waals surface area contributed by atoms with Crippen molar-refractivity contribution in [3.8, 4) is 0 Å². The maximum absolute atomic E-state index is 12.2. The van der Waals surface area contributed by atoms with E-state index in [4.69, 9.17) is 0 Å². The van der Waals surface area contributed by atoms with Crippen molar-refractivity contribution < 1.29 is 4.79 Å². The minimum Gasteiger partial charge on any atom is -0.318 e. The normalized spacial score (nSPS) is 16.1. The topological polar surface area (TPSA) is 76.8 Å². The quantitative estimate of drug-likeness (QED) is 0.887. The molecule has 2 N–H and O–H groups in total. The van der Waals surface area contributed by atoms with Crippen LogP contribution in [0.1, 0.15) is 35.1 Å². The number of aryl methyl sites for hydroxylation is 2. The fraction of sp³-hybridized carbons (Fsp3) is 0.500. The monoisotopic (exact) mass is 288 g/mol. The molecule has 7 nitrogen and oxygen atoms in total. The van der Waals surface area contributed by atoms with Crippen LogP contribution in [0.3, 0.4) is 0 Å². The Kier molecular flexibility index (Phi) is 3.74. The number of carbonyl (C=O) groups is 1. The first-order valence-electron chi connectivity index (χ1n) is 7.20. The van der Waals surface area contributed by atoms with Crippen LogP contribution >= 0.6 is 0 Å². The highest BCUT2D eigenvalue weighted by atomic mass is 16.2. The Balaban J connectivity index is 1.69. The lowest BCUT2D eigenvalue weighted by molar-refractivity contribution is 0.101. The van der Waals surface area contributed by atoms with E-state index in [1.807, 2.05) is 17.8 Å². The summed E-state index contributed by atoms with van der Waals surface area (Å²) in [6, 6.07) is 2.18. The molecule has 21 heavy (non-hydrogen) atoms. The summed E-state index contributed by atoms with van der Waals surface area (Å²) >= 11 is 0. The Bertz CT molecular complexity index is 638. The molecular weight excluding hydrogens is 268 g/mol. The number of nitrogens with zero attached hydrogens (tertiary/aromatic N) is 4. The molecule has 0 bridgehead atoms. The van der Waals surface area contributed by atoms with Gasteiger partial charge in [0, 0.05) is 13.2 Å². The number of piperidine rings is 1. The molecule has 112 valence electrons. The van der Waals surface area contributed by atoms with Crippen LogP contribution in [0.5, 0.6) is 0 Å². The zero-order valence-electron chi connectivity index (χ0n) is 12.3. The maximum Gasteiger partial charge on any atom is 0.274 e. The molecular formula is C14H20N6O. The van der Waals surface area contributed by atoms with E-state index in [0.717, 1.165) is 37.3 Å². The molecule has 1 aliphatic heterocycles. The summed E-state index contributed by atoms with van der Waals surface area (Å²) in [4.78, 5) is 12.2. The van der Waals surface area contributed by atoms with E-state index in [9.17, 15) is 4.79 Å². The van der Waals surface area contributed by atoms with Gasteiger partial charge in [-0.25, -0.2) is 0 Å². The summed E-state index contributed by atoms with van der Waals surface area (Å²) in [5.74, 6) is -0.164. The van der Waals surface area contributed by atoms with Crippen molar-refractivity contribution in [2.45, 2.75) is 25.8 Å². The summed E-state index contributed by atoms with van der Waals surface area (Å²) in [6.45, 7) is 3.90. The van der Waals surface area contributed by atoms with Gasteiger partial charge in [-0.1, -0.05) is 0 Å². The summed E-state index contributed by atoms with van der Waals surface area (Å²) in [7, 11) is 1.76. The predicted molar refractivity (Wildman–Crippen MR) is 79.3 cm³/mol. The van der Waals surface area contributed by atoms with E-state index in [0.29, 0.717) is 11.7 Å². The van der Waals surface area contributed by atoms with E-state index >= 15 is 0 Å². The molecule has 0 unspecified atom stereocenters. The van der Waals surface area contributed by atoms with Crippen LogP contribution in [0, 0.1) is 6.92 Å². The van der Waals surface area contributed by atoms with Gasteiger partial charge < -0.3 is 10.6 Å². The summed E-state index contributed by atoms with van der Waals surface area (Å²) < 4.78 is 3.53. The van der Waals surface area contributed by atoms with Crippen LogP contribution in [0.2, 0.25) is 0 Å². The summed E-state index contributed by atoms with van der Waals surface area (Å²) in [6.07, 6.45) is 5.73. The van der Waals surface area contributed by atoms with Crippen molar-refractivity contribution in [3.05, 3.63) is 29.8 Å². The minimum absolute atomic E-state index is 0.164. The lowest BCUT2D eigenvalue weighted by Crippen LogP contribution is -2.29. The van der Waals surface area contributed by atoms with E-state index in [-0.39, 0.29) is 5.91 Å². The fourth-order valence-corrected chi connectivity index (χ4v) is 2.69. The maximum atomic E-state index is 12.2. The third-order valence-corrected chi connectivity index (χ3v) is 3.78. The Hall–Kier alpha value is -2.15. The molecule has 0 spiro atoms. The largest absolute Gasteiger partial charge is 0.318 e. The fourth-order valence-electron chi connectivity index (χ4n) is 2.69. The lowest BCUT2D eigenvalue weighted by Gasteiger charge is -2.22. The Labute approximate surface area is 123 Å². The van der Waals surface area contributed by atoms with Crippen LogP contribution in [0.15, 0.2) is 18.5 Å². The number of amides is 1. The van der Waals surface area contributed by atoms with Crippen molar-refractivity contribution in [1.29, 1.82) is 0 Å². The molecule has 2 aromatic rings. The van der Waals surface area contributed by atoms with Gasteiger partial charge in [0.15, 0.2) is 0 Å². The molecule has 1 fully saturated rings. The number of hydrogen-bond donors (Lipinski definition) is 2.